The number of carbonyl (C=O) groups excluding carboxylic acids is 1. The first-order chi connectivity index (χ1) is 11.2. The van der Waals surface area contributed by atoms with Gasteiger partial charge in [-0.05, 0) is 51.4 Å². The number of carbonyl (C=O) groups is 1. The van der Waals surface area contributed by atoms with Gasteiger partial charge in [0, 0.05) is 0 Å². The van der Waals surface area contributed by atoms with Crippen molar-refractivity contribution >= 4 is 14.4 Å². The molecule has 0 heterocycles. The van der Waals surface area contributed by atoms with Crippen LogP contribution in [0.4, 0.5) is 4.79 Å². The van der Waals surface area contributed by atoms with E-state index < -0.39 is 20.0 Å². The van der Waals surface area contributed by atoms with Gasteiger partial charge in [-0.2, -0.15) is 0 Å². The van der Waals surface area contributed by atoms with Crippen LogP contribution in [-0.2, 0) is 9.16 Å². The summed E-state index contributed by atoms with van der Waals surface area (Å²) in [6, 6.07) is 7.93. The van der Waals surface area contributed by atoms with Crippen LogP contribution in [0.5, 0.6) is 0 Å². The first-order valence-electron chi connectivity index (χ1n) is 8.91. The molecule has 0 bridgehead atoms. The van der Waals surface area contributed by atoms with Gasteiger partial charge in [-0.15, -0.1) is 0 Å². The summed E-state index contributed by atoms with van der Waals surface area (Å²) in [6.45, 7) is 19.1. The Morgan fingerprint density at radius 2 is 1.60 bits per heavy atom. The molecule has 0 aliphatic rings. The molecule has 0 aromatic heterocycles. The van der Waals surface area contributed by atoms with E-state index in [4.69, 9.17) is 9.16 Å². The van der Waals surface area contributed by atoms with Gasteiger partial charge in [0.05, 0.1) is 12.6 Å². The maximum Gasteiger partial charge on any atom is 0.408 e. The predicted octanol–water partition coefficient (Wildman–Crippen LogP) is 5.58. The summed E-state index contributed by atoms with van der Waals surface area (Å²) in [6.07, 6.45) is -0.420. The van der Waals surface area contributed by atoms with Gasteiger partial charge in [-0.1, -0.05) is 50.6 Å². The molecule has 0 spiro atoms. The average Bonchev–Trinajstić information content (AvgIpc) is 2.41. The van der Waals surface area contributed by atoms with Crippen LogP contribution in [0.15, 0.2) is 24.3 Å². The highest BCUT2D eigenvalue weighted by molar-refractivity contribution is 6.74. The summed E-state index contributed by atoms with van der Waals surface area (Å²) < 4.78 is 11.8. The van der Waals surface area contributed by atoms with E-state index in [0.29, 0.717) is 6.61 Å². The minimum atomic E-state index is -1.90. The highest BCUT2D eigenvalue weighted by atomic mass is 28.4. The van der Waals surface area contributed by atoms with Crippen molar-refractivity contribution in [2.75, 3.05) is 6.61 Å². The monoisotopic (exact) mass is 365 g/mol. The van der Waals surface area contributed by atoms with Gasteiger partial charge in [0.2, 0.25) is 0 Å². The number of aryl methyl sites for hydroxylation is 1. The fraction of sp³-hybridized carbons (Fsp3) is 0.650. The quantitative estimate of drug-likeness (QED) is 0.693. The zero-order valence-electron chi connectivity index (χ0n) is 17.3. The minimum absolute atomic E-state index is 0.122. The third-order valence-corrected chi connectivity index (χ3v) is 9.09. The van der Waals surface area contributed by atoms with Crippen LogP contribution < -0.4 is 5.32 Å². The van der Waals surface area contributed by atoms with Crippen LogP contribution in [0.25, 0.3) is 0 Å². The second-order valence-electron chi connectivity index (χ2n) is 9.18. The zero-order valence-corrected chi connectivity index (χ0v) is 18.3. The molecular formula is C20H35NO3Si. The van der Waals surface area contributed by atoms with E-state index in [1.807, 2.05) is 52.0 Å². The van der Waals surface area contributed by atoms with Gasteiger partial charge in [-0.25, -0.2) is 4.79 Å². The zero-order chi connectivity index (χ0) is 19.5. The molecule has 0 fully saturated rings. The first kappa shape index (κ1) is 21.7. The third kappa shape index (κ3) is 7.20. The molecule has 1 rings (SSSR count). The smallest absolute Gasteiger partial charge is 0.408 e. The second-order valence-corrected chi connectivity index (χ2v) is 14.0. The lowest BCUT2D eigenvalue weighted by Crippen LogP contribution is -2.44. The fourth-order valence-corrected chi connectivity index (χ4v) is 2.99. The van der Waals surface area contributed by atoms with E-state index in [0.717, 1.165) is 5.56 Å². The SMILES string of the molecule is Cc1ccc(C(CO[Si](C)(C)C(C)(C)C)NC(=O)OC(C)(C)C)cc1. The van der Waals surface area contributed by atoms with Gasteiger partial charge < -0.3 is 14.5 Å². The Labute approximate surface area is 154 Å². The lowest BCUT2D eigenvalue weighted by Gasteiger charge is -2.37. The fourth-order valence-electron chi connectivity index (χ4n) is 1.98. The standard InChI is InChI=1S/C20H35NO3Si/c1-15-10-12-16(13-11-15)17(21-18(22)24-19(2,3)4)14-23-25(8,9)20(5,6)7/h10-13,17H,14H2,1-9H3,(H,21,22). The van der Waals surface area contributed by atoms with Gasteiger partial charge in [0.15, 0.2) is 8.32 Å². The summed E-state index contributed by atoms with van der Waals surface area (Å²) in [5.74, 6) is 0. The second kappa shape index (κ2) is 7.91. The molecule has 1 aromatic carbocycles. The Balaban J connectivity index is 2.92. The number of ether oxygens (including phenoxy) is 1. The number of rotatable bonds is 5. The van der Waals surface area contributed by atoms with E-state index >= 15 is 0 Å². The van der Waals surface area contributed by atoms with Crippen LogP contribution in [0.1, 0.15) is 58.7 Å². The van der Waals surface area contributed by atoms with Crippen molar-refractivity contribution in [3.05, 3.63) is 35.4 Å². The molecule has 0 saturated heterocycles. The number of hydrogen-bond donors (Lipinski definition) is 1. The number of amides is 1. The number of hydrogen-bond acceptors (Lipinski definition) is 3. The lowest BCUT2D eigenvalue weighted by atomic mass is 10.1. The van der Waals surface area contributed by atoms with Gasteiger partial charge in [-0.3, -0.25) is 0 Å². The van der Waals surface area contributed by atoms with E-state index in [2.05, 4.69) is 39.2 Å². The number of alkyl carbamates (subject to hydrolysis) is 1. The van der Waals surface area contributed by atoms with E-state index in [-0.39, 0.29) is 11.1 Å². The Morgan fingerprint density at radius 1 is 1.08 bits per heavy atom. The molecule has 0 radical (unpaired) electrons. The van der Waals surface area contributed by atoms with Gasteiger partial charge >= 0.3 is 6.09 Å². The summed E-state index contributed by atoms with van der Waals surface area (Å²) in [5.41, 5.74) is 1.68. The van der Waals surface area contributed by atoms with E-state index in [9.17, 15) is 4.79 Å². The van der Waals surface area contributed by atoms with Crippen molar-refractivity contribution in [3.63, 3.8) is 0 Å². The Bertz CT molecular complexity index is 568. The first-order valence-corrected chi connectivity index (χ1v) is 11.8. The van der Waals surface area contributed by atoms with Crippen molar-refractivity contribution in [1.82, 2.24) is 5.32 Å². The highest BCUT2D eigenvalue weighted by Gasteiger charge is 2.38. The molecule has 0 aliphatic heterocycles. The Kier molecular flexibility index (Phi) is 6.87. The molecule has 5 heteroatoms. The highest BCUT2D eigenvalue weighted by Crippen LogP contribution is 2.37. The summed E-state index contributed by atoms with van der Waals surface area (Å²) in [4.78, 5) is 12.3. The molecule has 1 N–H and O–H groups in total. The maximum absolute atomic E-state index is 12.3. The van der Waals surface area contributed by atoms with Crippen LogP contribution in [-0.4, -0.2) is 26.6 Å². The third-order valence-electron chi connectivity index (χ3n) is 4.59. The maximum atomic E-state index is 12.3. The van der Waals surface area contributed by atoms with Crippen molar-refractivity contribution in [2.24, 2.45) is 0 Å². The van der Waals surface area contributed by atoms with Crippen LogP contribution in [0.3, 0.4) is 0 Å². The van der Waals surface area contributed by atoms with Crippen molar-refractivity contribution < 1.29 is 14.0 Å². The minimum Gasteiger partial charge on any atom is -0.444 e. The Morgan fingerprint density at radius 3 is 2.04 bits per heavy atom. The van der Waals surface area contributed by atoms with Gasteiger partial charge in [0.1, 0.15) is 5.60 Å². The number of nitrogens with one attached hydrogen (secondary N) is 1. The summed E-state index contributed by atoms with van der Waals surface area (Å²) >= 11 is 0. The van der Waals surface area contributed by atoms with Crippen LogP contribution in [0, 0.1) is 6.92 Å². The van der Waals surface area contributed by atoms with Crippen molar-refractivity contribution in [1.29, 1.82) is 0 Å². The predicted molar refractivity (Wildman–Crippen MR) is 106 cm³/mol. The largest absolute Gasteiger partial charge is 0.444 e. The normalized spacial score (nSPS) is 14.1. The topological polar surface area (TPSA) is 47.6 Å². The lowest BCUT2D eigenvalue weighted by molar-refractivity contribution is 0.0484. The number of benzene rings is 1. The molecule has 0 saturated carbocycles. The van der Waals surface area contributed by atoms with E-state index in [1.54, 1.807) is 0 Å². The average molecular weight is 366 g/mol. The van der Waals surface area contributed by atoms with E-state index in [1.165, 1.54) is 5.56 Å². The van der Waals surface area contributed by atoms with Crippen LogP contribution in [0.2, 0.25) is 18.1 Å². The van der Waals surface area contributed by atoms with Crippen molar-refractivity contribution in [3.8, 4) is 0 Å². The molecule has 1 amide bonds. The van der Waals surface area contributed by atoms with Crippen LogP contribution >= 0.6 is 0 Å². The Hall–Kier alpha value is -1.33. The molecular weight excluding hydrogens is 330 g/mol. The van der Waals surface area contributed by atoms with Gasteiger partial charge in [0.25, 0.3) is 0 Å². The molecule has 25 heavy (non-hydrogen) atoms. The molecule has 142 valence electrons. The molecule has 0 aliphatic carbocycles. The molecule has 1 unspecified atom stereocenters. The summed E-state index contributed by atoms with van der Waals surface area (Å²) in [5, 5.41) is 3.09. The summed E-state index contributed by atoms with van der Waals surface area (Å²) in [7, 11) is -1.90. The molecule has 1 atom stereocenters. The van der Waals surface area contributed by atoms with Crippen molar-refractivity contribution in [2.45, 2.75) is 78.2 Å². The molecule has 1 aromatic rings. The molecule has 4 nitrogen and oxygen atoms in total.